The molecule has 1 aromatic carbocycles. The first-order valence-electron chi connectivity index (χ1n) is 12.6. The second-order valence-electron chi connectivity index (χ2n) is 10.6. The molecule has 196 valence electrons. The molecule has 0 aliphatic carbocycles. The van der Waals surface area contributed by atoms with E-state index in [1.54, 1.807) is 25.1 Å². The number of likely N-dealkylation sites (N-methyl/N-ethyl adjacent to an activating group) is 1. The van der Waals surface area contributed by atoms with Crippen molar-refractivity contribution >= 4 is 23.5 Å². The first-order chi connectivity index (χ1) is 17.5. The van der Waals surface area contributed by atoms with Crippen LogP contribution in [0.1, 0.15) is 52.6 Å². The minimum absolute atomic E-state index is 0.00738. The molecule has 0 unspecified atom stereocenters. The Morgan fingerprint density at radius 1 is 1.19 bits per heavy atom. The zero-order valence-corrected chi connectivity index (χ0v) is 22.4. The molecule has 3 heterocycles. The van der Waals surface area contributed by atoms with Gasteiger partial charge in [-0.2, -0.15) is 5.10 Å². The average Bonchev–Trinajstić information content (AvgIpc) is 3.31. The summed E-state index contributed by atoms with van der Waals surface area (Å²) in [5.41, 5.74) is 3.41. The SMILES string of the molecule is CC(=O)N1c2ccc(-c3cnn(CCN(C)C(=O)OC(C)(C)C)c3)cc2[C@H](Nc2ccccn2)C[C@@H]1C. The third kappa shape index (κ3) is 6.28. The van der Waals surface area contributed by atoms with Crippen molar-refractivity contribution in [1.29, 1.82) is 0 Å². The Labute approximate surface area is 218 Å². The molecule has 9 nitrogen and oxygen atoms in total. The van der Waals surface area contributed by atoms with Crippen LogP contribution in [0.25, 0.3) is 11.1 Å². The van der Waals surface area contributed by atoms with E-state index in [1.807, 2.05) is 73.1 Å². The summed E-state index contributed by atoms with van der Waals surface area (Å²) in [6.07, 6.45) is 5.97. The van der Waals surface area contributed by atoms with Gasteiger partial charge >= 0.3 is 6.09 Å². The average molecular weight is 505 g/mol. The molecular formula is C28H36N6O3. The maximum absolute atomic E-state index is 12.5. The van der Waals surface area contributed by atoms with Gasteiger partial charge in [-0.15, -0.1) is 0 Å². The highest BCUT2D eigenvalue weighted by molar-refractivity contribution is 5.94. The molecule has 0 radical (unpaired) electrons. The molecule has 0 saturated heterocycles. The normalized spacial score (nSPS) is 17.2. The molecule has 0 spiro atoms. The number of nitrogens with zero attached hydrogens (tertiary/aromatic N) is 5. The largest absolute Gasteiger partial charge is 0.444 e. The number of hydrogen-bond donors (Lipinski definition) is 1. The molecule has 1 aliphatic rings. The first kappa shape index (κ1) is 26.2. The molecule has 0 saturated carbocycles. The van der Waals surface area contributed by atoms with Crippen molar-refractivity contribution in [2.24, 2.45) is 0 Å². The van der Waals surface area contributed by atoms with Gasteiger partial charge in [-0.25, -0.2) is 9.78 Å². The summed E-state index contributed by atoms with van der Waals surface area (Å²) < 4.78 is 7.24. The summed E-state index contributed by atoms with van der Waals surface area (Å²) >= 11 is 0. The summed E-state index contributed by atoms with van der Waals surface area (Å²) in [7, 11) is 1.72. The van der Waals surface area contributed by atoms with Crippen LogP contribution in [0.15, 0.2) is 55.0 Å². The van der Waals surface area contributed by atoms with Gasteiger partial charge in [0.05, 0.1) is 18.8 Å². The summed E-state index contributed by atoms with van der Waals surface area (Å²) in [4.78, 5) is 32.6. The zero-order chi connectivity index (χ0) is 26.7. The van der Waals surface area contributed by atoms with E-state index < -0.39 is 5.60 Å². The Hall–Kier alpha value is -3.88. The van der Waals surface area contributed by atoms with Crippen LogP contribution in [0.4, 0.5) is 16.3 Å². The van der Waals surface area contributed by atoms with E-state index >= 15 is 0 Å². The van der Waals surface area contributed by atoms with Gasteiger partial charge in [0.25, 0.3) is 0 Å². The van der Waals surface area contributed by atoms with Gasteiger partial charge in [0, 0.05) is 50.2 Å². The van der Waals surface area contributed by atoms with Crippen molar-refractivity contribution < 1.29 is 14.3 Å². The molecule has 1 aliphatic heterocycles. The predicted molar refractivity (Wildman–Crippen MR) is 144 cm³/mol. The van der Waals surface area contributed by atoms with Crippen molar-refractivity contribution in [3.8, 4) is 11.1 Å². The van der Waals surface area contributed by atoms with E-state index in [0.29, 0.717) is 13.1 Å². The fraction of sp³-hybridized carbons (Fsp3) is 0.429. The lowest BCUT2D eigenvalue weighted by molar-refractivity contribution is -0.117. The van der Waals surface area contributed by atoms with Crippen LogP contribution in [0.3, 0.4) is 0 Å². The van der Waals surface area contributed by atoms with Crippen molar-refractivity contribution in [2.75, 3.05) is 23.8 Å². The number of anilines is 2. The Morgan fingerprint density at radius 2 is 1.97 bits per heavy atom. The van der Waals surface area contributed by atoms with E-state index in [-0.39, 0.29) is 24.1 Å². The highest BCUT2D eigenvalue weighted by Gasteiger charge is 2.33. The number of hydrogen-bond acceptors (Lipinski definition) is 6. The van der Waals surface area contributed by atoms with Gasteiger partial charge in [-0.05, 0) is 69.5 Å². The molecule has 4 rings (SSSR count). The second kappa shape index (κ2) is 10.6. The molecule has 0 bridgehead atoms. The molecule has 2 aromatic heterocycles. The molecule has 3 aromatic rings. The number of carbonyl (C=O) groups excluding carboxylic acids is 2. The molecular weight excluding hydrogens is 468 g/mol. The van der Waals surface area contributed by atoms with Gasteiger partial charge < -0.3 is 19.9 Å². The number of rotatable bonds is 6. The molecule has 2 amide bonds. The number of pyridine rings is 1. The highest BCUT2D eigenvalue weighted by atomic mass is 16.6. The van der Waals surface area contributed by atoms with E-state index in [0.717, 1.165) is 34.6 Å². The fourth-order valence-electron chi connectivity index (χ4n) is 4.61. The summed E-state index contributed by atoms with van der Waals surface area (Å²) in [6.45, 7) is 10.3. The topological polar surface area (TPSA) is 92.6 Å². The van der Waals surface area contributed by atoms with Gasteiger partial charge in [-0.1, -0.05) is 12.1 Å². The molecule has 2 atom stereocenters. The van der Waals surface area contributed by atoms with Crippen molar-refractivity contribution in [2.45, 2.75) is 65.3 Å². The third-order valence-electron chi connectivity index (χ3n) is 6.34. The second-order valence-corrected chi connectivity index (χ2v) is 10.6. The standard InChI is InChI=1S/C28H36N6O3/c1-19-15-24(31-26-9-7-8-12-29-26)23-16-21(10-11-25(23)34(19)20(2)35)22-17-30-33(18-22)14-13-32(6)27(36)37-28(3,4)5/h7-12,16-19,24H,13-15H2,1-6H3,(H,29,31)/t19-,24+/m0/s1. The van der Waals surface area contributed by atoms with E-state index in [1.165, 1.54) is 0 Å². The van der Waals surface area contributed by atoms with Gasteiger partial charge in [-0.3, -0.25) is 9.48 Å². The molecule has 1 N–H and O–H groups in total. The van der Waals surface area contributed by atoms with Gasteiger partial charge in [0.1, 0.15) is 11.4 Å². The minimum atomic E-state index is -0.532. The Balaban J connectivity index is 1.55. The van der Waals surface area contributed by atoms with Gasteiger partial charge in [0.2, 0.25) is 5.91 Å². The van der Waals surface area contributed by atoms with Crippen molar-refractivity contribution in [1.82, 2.24) is 19.7 Å². The van der Waals surface area contributed by atoms with E-state index in [2.05, 4.69) is 28.4 Å². The van der Waals surface area contributed by atoms with Crippen molar-refractivity contribution in [3.05, 3.63) is 60.6 Å². The molecule has 9 heteroatoms. The van der Waals surface area contributed by atoms with Crippen molar-refractivity contribution in [3.63, 3.8) is 0 Å². The monoisotopic (exact) mass is 504 g/mol. The highest BCUT2D eigenvalue weighted by Crippen LogP contribution is 2.40. The number of nitrogens with one attached hydrogen (secondary N) is 1. The lowest BCUT2D eigenvalue weighted by atomic mass is 9.89. The number of benzene rings is 1. The molecule has 37 heavy (non-hydrogen) atoms. The first-order valence-corrected chi connectivity index (χ1v) is 12.6. The summed E-state index contributed by atoms with van der Waals surface area (Å²) in [6, 6.07) is 12.0. The Kier molecular flexibility index (Phi) is 7.52. The lowest BCUT2D eigenvalue weighted by Crippen LogP contribution is -2.43. The van der Waals surface area contributed by atoms with Crippen LogP contribution < -0.4 is 10.2 Å². The summed E-state index contributed by atoms with van der Waals surface area (Å²) in [5.74, 6) is 0.828. The van der Waals surface area contributed by atoms with Gasteiger partial charge in [0.15, 0.2) is 0 Å². The number of ether oxygens (including phenoxy) is 1. The van der Waals surface area contributed by atoms with E-state index in [4.69, 9.17) is 4.74 Å². The maximum Gasteiger partial charge on any atom is 0.410 e. The molecule has 0 fully saturated rings. The van der Waals surface area contributed by atoms with Crippen LogP contribution in [0.2, 0.25) is 0 Å². The zero-order valence-electron chi connectivity index (χ0n) is 22.4. The van der Waals surface area contributed by atoms with Crippen LogP contribution in [-0.2, 0) is 16.1 Å². The number of carbonyl (C=O) groups is 2. The number of fused-ring (bicyclic) bond motifs is 1. The predicted octanol–water partition coefficient (Wildman–Crippen LogP) is 5.11. The summed E-state index contributed by atoms with van der Waals surface area (Å²) in [5, 5.41) is 8.05. The number of amides is 2. The van der Waals surface area contributed by atoms with Crippen LogP contribution in [0.5, 0.6) is 0 Å². The lowest BCUT2D eigenvalue weighted by Gasteiger charge is -2.39. The van der Waals surface area contributed by atoms with E-state index in [9.17, 15) is 9.59 Å². The minimum Gasteiger partial charge on any atom is -0.444 e. The fourth-order valence-corrected chi connectivity index (χ4v) is 4.61. The quantitative estimate of drug-likeness (QED) is 0.502. The Bertz CT molecular complexity index is 1250. The maximum atomic E-state index is 12.5. The number of aromatic nitrogens is 3. The Morgan fingerprint density at radius 3 is 2.65 bits per heavy atom. The van der Waals surface area contributed by atoms with Crippen LogP contribution in [0, 0.1) is 0 Å². The smallest absolute Gasteiger partial charge is 0.410 e. The van der Waals surface area contributed by atoms with Crippen LogP contribution >= 0.6 is 0 Å². The van der Waals surface area contributed by atoms with Crippen LogP contribution in [-0.4, -0.2) is 56.9 Å². The third-order valence-corrected chi connectivity index (χ3v) is 6.34.